The van der Waals surface area contributed by atoms with Gasteiger partial charge in [0.05, 0.1) is 28.8 Å². The molecule has 2 rings (SSSR count). The van der Waals surface area contributed by atoms with Crippen LogP contribution in [-0.2, 0) is 24.3 Å². The van der Waals surface area contributed by atoms with E-state index in [0.717, 1.165) is 12.1 Å². The van der Waals surface area contributed by atoms with Crippen LogP contribution in [0.4, 0.5) is 4.79 Å². The van der Waals surface area contributed by atoms with E-state index in [-0.39, 0.29) is 52.8 Å². The molecule has 166 valence electrons. The molecule has 0 aliphatic carbocycles. The number of nitrogens with zero attached hydrogens (tertiary/aromatic N) is 1. The minimum absolute atomic E-state index is 0.139. The van der Waals surface area contributed by atoms with Crippen LogP contribution in [0.2, 0.25) is 10.0 Å². The highest BCUT2D eigenvalue weighted by Crippen LogP contribution is 2.31. The summed E-state index contributed by atoms with van der Waals surface area (Å²) in [5, 5.41) is 4.11. The summed E-state index contributed by atoms with van der Waals surface area (Å²) in [6, 6.07) is 1.18. The minimum atomic E-state index is -4.00. The lowest BCUT2D eigenvalue weighted by atomic mass is 10.2. The zero-order valence-corrected chi connectivity index (χ0v) is 18.6. The van der Waals surface area contributed by atoms with E-state index >= 15 is 0 Å². The van der Waals surface area contributed by atoms with E-state index in [1.807, 2.05) is 5.32 Å². The third kappa shape index (κ3) is 6.29. The molecule has 0 aromatic heterocycles. The molecule has 1 saturated heterocycles. The van der Waals surface area contributed by atoms with Gasteiger partial charge < -0.3 is 14.8 Å². The third-order valence-corrected chi connectivity index (χ3v) is 6.51. The number of sulfonamides is 1. The third-order valence-electron chi connectivity index (χ3n) is 3.84. The molecule has 1 heterocycles. The van der Waals surface area contributed by atoms with Crippen molar-refractivity contribution in [2.24, 2.45) is 0 Å². The lowest BCUT2D eigenvalue weighted by Crippen LogP contribution is -2.44. The summed E-state index contributed by atoms with van der Waals surface area (Å²) in [5.41, 5.74) is -0.285. The SMILES string of the molecule is CC(C)NC(=O)NC(=O)COC(=O)c1cc(S(=O)(=O)N2CCOCC2)c(Cl)cc1Cl. The van der Waals surface area contributed by atoms with Gasteiger partial charge in [-0.1, -0.05) is 23.2 Å². The molecular weight excluding hydrogens is 461 g/mol. The standard InChI is InChI=1S/C17H21Cl2N3O7S/c1-10(2)20-17(25)21-15(23)9-29-16(24)11-7-14(13(19)8-12(11)18)30(26,27)22-3-5-28-6-4-22/h7-8,10H,3-6,9H2,1-2H3,(H2,20,21,23,25). The van der Waals surface area contributed by atoms with Gasteiger partial charge in [-0.2, -0.15) is 4.31 Å². The fourth-order valence-electron chi connectivity index (χ4n) is 2.48. The van der Waals surface area contributed by atoms with E-state index in [0.29, 0.717) is 0 Å². The molecule has 1 aromatic rings. The molecule has 30 heavy (non-hydrogen) atoms. The molecule has 0 spiro atoms. The molecular formula is C17H21Cl2N3O7S. The summed E-state index contributed by atoms with van der Waals surface area (Å²) >= 11 is 12.1. The number of rotatable bonds is 6. The molecule has 10 nitrogen and oxygen atoms in total. The van der Waals surface area contributed by atoms with Gasteiger partial charge >= 0.3 is 12.0 Å². The van der Waals surface area contributed by atoms with E-state index < -0.39 is 34.5 Å². The Kier molecular flexibility index (Phi) is 8.44. The summed E-state index contributed by atoms with van der Waals surface area (Å²) in [6.45, 7) is 3.39. The highest BCUT2D eigenvalue weighted by Gasteiger charge is 2.30. The highest BCUT2D eigenvalue weighted by atomic mass is 35.5. The highest BCUT2D eigenvalue weighted by molar-refractivity contribution is 7.89. The average molecular weight is 482 g/mol. The fraction of sp³-hybridized carbons (Fsp3) is 0.471. The van der Waals surface area contributed by atoms with Crippen LogP contribution in [0.3, 0.4) is 0 Å². The number of urea groups is 1. The first-order valence-electron chi connectivity index (χ1n) is 8.86. The van der Waals surface area contributed by atoms with Crippen LogP contribution in [0, 0.1) is 0 Å². The maximum absolute atomic E-state index is 12.9. The Hall–Kier alpha value is -1.92. The number of amides is 3. The summed E-state index contributed by atoms with van der Waals surface area (Å²) in [6.07, 6.45) is 0. The Bertz CT molecular complexity index is 932. The first-order valence-corrected chi connectivity index (χ1v) is 11.1. The summed E-state index contributed by atoms with van der Waals surface area (Å²) in [5.74, 6) is -1.91. The number of morpholine rings is 1. The molecule has 2 N–H and O–H groups in total. The number of carbonyl (C=O) groups excluding carboxylic acids is 3. The largest absolute Gasteiger partial charge is 0.452 e. The predicted octanol–water partition coefficient (Wildman–Crippen LogP) is 1.41. The van der Waals surface area contributed by atoms with Crippen molar-refractivity contribution in [3.05, 3.63) is 27.7 Å². The van der Waals surface area contributed by atoms with Crippen molar-refractivity contribution in [2.45, 2.75) is 24.8 Å². The van der Waals surface area contributed by atoms with Gasteiger partial charge in [0, 0.05) is 19.1 Å². The Balaban J connectivity index is 2.13. The van der Waals surface area contributed by atoms with Gasteiger partial charge in [0.1, 0.15) is 4.90 Å². The minimum Gasteiger partial charge on any atom is -0.452 e. The topological polar surface area (TPSA) is 131 Å². The van der Waals surface area contributed by atoms with Crippen molar-refractivity contribution < 1.29 is 32.3 Å². The molecule has 1 aromatic carbocycles. The molecule has 1 fully saturated rings. The van der Waals surface area contributed by atoms with E-state index in [1.165, 1.54) is 4.31 Å². The van der Waals surface area contributed by atoms with Crippen molar-refractivity contribution in [2.75, 3.05) is 32.9 Å². The van der Waals surface area contributed by atoms with Crippen molar-refractivity contribution in [1.82, 2.24) is 14.9 Å². The maximum atomic E-state index is 12.9. The van der Waals surface area contributed by atoms with Crippen LogP contribution >= 0.6 is 23.2 Å². The van der Waals surface area contributed by atoms with Gasteiger partial charge in [0.25, 0.3) is 5.91 Å². The lowest BCUT2D eigenvalue weighted by molar-refractivity contribution is -0.123. The molecule has 0 unspecified atom stereocenters. The van der Waals surface area contributed by atoms with Crippen LogP contribution in [0.5, 0.6) is 0 Å². The Morgan fingerprint density at radius 1 is 1.17 bits per heavy atom. The van der Waals surface area contributed by atoms with Crippen molar-refractivity contribution in [3.63, 3.8) is 0 Å². The number of hydrogen-bond acceptors (Lipinski definition) is 7. The zero-order chi connectivity index (χ0) is 22.5. The molecule has 1 aliphatic heterocycles. The molecule has 0 radical (unpaired) electrons. The molecule has 3 amide bonds. The van der Waals surface area contributed by atoms with E-state index in [1.54, 1.807) is 13.8 Å². The summed E-state index contributed by atoms with van der Waals surface area (Å²) in [7, 11) is -4.00. The average Bonchev–Trinajstić information content (AvgIpc) is 2.66. The van der Waals surface area contributed by atoms with Crippen LogP contribution in [-0.4, -0.2) is 69.6 Å². The number of hydrogen-bond donors (Lipinski definition) is 2. The van der Waals surface area contributed by atoms with E-state index in [9.17, 15) is 22.8 Å². The molecule has 0 saturated carbocycles. The number of nitrogens with one attached hydrogen (secondary N) is 2. The van der Waals surface area contributed by atoms with Gasteiger partial charge in [-0.15, -0.1) is 0 Å². The summed E-state index contributed by atoms with van der Waals surface area (Å²) in [4.78, 5) is 35.2. The second-order valence-corrected chi connectivity index (χ2v) is 9.25. The van der Waals surface area contributed by atoms with Crippen LogP contribution in [0.1, 0.15) is 24.2 Å². The summed E-state index contributed by atoms with van der Waals surface area (Å²) < 4.78 is 36.9. The van der Waals surface area contributed by atoms with Crippen LogP contribution < -0.4 is 10.6 Å². The Morgan fingerprint density at radius 2 is 1.80 bits per heavy atom. The first kappa shape index (κ1) is 24.4. The van der Waals surface area contributed by atoms with E-state index in [4.69, 9.17) is 32.7 Å². The van der Waals surface area contributed by atoms with Crippen LogP contribution in [0.25, 0.3) is 0 Å². The first-order chi connectivity index (χ1) is 14.0. The maximum Gasteiger partial charge on any atom is 0.340 e. The number of esters is 1. The molecule has 1 aliphatic rings. The van der Waals surface area contributed by atoms with Gasteiger partial charge in [-0.05, 0) is 26.0 Å². The van der Waals surface area contributed by atoms with Crippen molar-refractivity contribution in [3.8, 4) is 0 Å². The number of carbonyl (C=O) groups is 3. The predicted molar refractivity (Wildman–Crippen MR) is 108 cm³/mol. The van der Waals surface area contributed by atoms with Crippen LogP contribution in [0.15, 0.2) is 17.0 Å². The fourth-order valence-corrected chi connectivity index (χ4v) is 4.71. The number of imide groups is 1. The van der Waals surface area contributed by atoms with Crippen molar-refractivity contribution >= 4 is 51.1 Å². The number of benzene rings is 1. The van der Waals surface area contributed by atoms with Gasteiger partial charge in [0.2, 0.25) is 10.0 Å². The Labute approximate surface area is 183 Å². The smallest absolute Gasteiger partial charge is 0.340 e. The molecule has 13 heteroatoms. The second-order valence-electron chi connectivity index (χ2n) is 6.53. The quantitative estimate of drug-likeness (QED) is 0.586. The lowest BCUT2D eigenvalue weighted by Gasteiger charge is -2.26. The number of ether oxygens (including phenoxy) is 2. The van der Waals surface area contributed by atoms with Gasteiger partial charge in [-0.3, -0.25) is 10.1 Å². The van der Waals surface area contributed by atoms with E-state index in [2.05, 4.69) is 5.32 Å². The molecule has 0 atom stereocenters. The van der Waals surface area contributed by atoms with Crippen molar-refractivity contribution in [1.29, 1.82) is 0 Å². The van der Waals surface area contributed by atoms with Gasteiger partial charge in [-0.25, -0.2) is 18.0 Å². The van der Waals surface area contributed by atoms with Gasteiger partial charge in [0.15, 0.2) is 6.61 Å². The second kappa shape index (κ2) is 10.4. The zero-order valence-electron chi connectivity index (χ0n) is 16.2. The Morgan fingerprint density at radius 3 is 2.40 bits per heavy atom. The molecule has 0 bridgehead atoms. The normalized spacial score (nSPS) is 15.0. The number of halogens is 2. The monoisotopic (exact) mass is 481 g/mol.